The molecule has 6 rings (SSSR count). The molecule has 0 bridgehead atoms. The average molecular weight is 672 g/mol. The first-order valence-electron chi connectivity index (χ1n) is 16.9. The summed E-state index contributed by atoms with van der Waals surface area (Å²) >= 11 is 0. The zero-order valence-electron chi connectivity index (χ0n) is 28.7. The Morgan fingerprint density at radius 1 is 1.08 bits per heavy atom. The lowest BCUT2D eigenvalue weighted by Crippen LogP contribution is -2.51. The first-order chi connectivity index (χ1) is 23.5. The van der Waals surface area contributed by atoms with Crippen LogP contribution in [0.25, 0.3) is 11.1 Å². The minimum absolute atomic E-state index is 0.0794. The molecular weight excluding hydrogens is 626 g/mol. The van der Waals surface area contributed by atoms with E-state index in [0.29, 0.717) is 41.4 Å². The second kappa shape index (κ2) is 14.9. The van der Waals surface area contributed by atoms with Gasteiger partial charge in [-0.05, 0) is 88.4 Å². The average Bonchev–Trinajstić information content (AvgIpc) is 3.73. The lowest BCUT2D eigenvalue weighted by Gasteiger charge is -2.42. The highest BCUT2D eigenvalue weighted by Gasteiger charge is 2.32. The molecule has 1 saturated heterocycles. The zero-order valence-corrected chi connectivity index (χ0v) is 28.7. The molecule has 3 atom stereocenters. The summed E-state index contributed by atoms with van der Waals surface area (Å²) in [5.74, 6) is 1.21. The van der Waals surface area contributed by atoms with E-state index >= 15 is 0 Å². The largest absolute Gasteiger partial charge is 0.487 e. The Labute approximate surface area is 286 Å². The molecule has 1 aliphatic carbocycles. The van der Waals surface area contributed by atoms with Crippen LogP contribution in [-0.4, -0.2) is 99.6 Å². The Balaban J connectivity index is 1.14. The number of hydrogen-bond acceptors (Lipinski definition) is 13. The lowest BCUT2D eigenvalue weighted by atomic mass is 9.89. The molecule has 4 aromatic rings. The van der Waals surface area contributed by atoms with E-state index in [-0.39, 0.29) is 31.0 Å². The van der Waals surface area contributed by atoms with Crippen molar-refractivity contribution in [1.82, 2.24) is 44.9 Å². The van der Waals surface area contributed by atoms with E-state index in [1.807, 2.05) is 29.9 Å². The van der Waals surface area contributed by atoms with Gasteiger partial charge < -0.3 is 24.6 Å². The maximum absolute atomic E-state index is 10.3. The van der Waals surface area contributed by atoms with Gasteiger partial charge in [0.1, 0.15) is 36.5 Å². The van der Waals surface area contributed by atoms with Crippen LogP contribution in [0.3, 0.4) is 0 Å². The number of benzene rings is 1. The molecule has 3 aromatic heterocycles. The van der Waals surface area contributed by atoms with Crippen molar-refractivity contribution in [2.45, 2.75) is 103 Å². The molecule has 15 heteroatoms. The number of aliphatic hydroxyl groups is 1. The van der Waals surface area contributed by atoms with Crippen molar-refractivity contribution in [1.29, 1.82) is 5.26 Å². The van der Waals surface area contributed by atoms with Crippen molar-refractivity contribution < 1.29 is 19.3 Å². The van der Waals surface area contributed by atoms with Crippen molar-refractivity contribution in [3.8, 4) is 28.8 Å². The van der Waals surface area contributed by atoms with Crippen LogP contribution in [0.2, 0.25) is 0 Å². The van der Waals surface area contributed by atoms with E-state index in [2.05, 4.69) is 55.6 Å². The topological polar surface area (TPSA) is 174 Å². The molecule has 260 valence electrons. The Hall–Kier alpha value is -4.65. The number of tetrazole rings is 1. The number of aromatic nitrogens is 8. The first-order valence-corrected chi connectivity index (χ1v) is 16.9. The maximum Gasteiger partial charge on any atom is 0.257 e. The van der Waals surface area contributed by atoms with Crippen LogP contribution < -0.4 is 14.8 Å². The van der Waals surface area contributed by atoms with E-state index in [1.54, 1.807) is 37.0 Å². The Bertz CT molecular complexity index is 1700. The van der Waals surface area contributed by atoms with Gasteiger partial charge >= 0.3 is 0 Å². The molecule has 0 spiro atoms. The number of ether oxygens (including phenoxy) is 3. The molecule has 49 heavy (non-hydrogen) atoms. The highest BCUT2D eigenvalue weighted by Crippen LogP contribution is 2.36. The molecule has 0 unspecified atom stereocenters. The van der Waals surface area contributed by atoms with Gasteiger partial charge in [-0.15, -0.1) is 10.2 Å². The fourth-order valence-electron chi connectivity index (χ4n) is 6.54. The Morgan fingerprint density at radius 3 is 2.45 bits per heavy atom. The van der Waals surface area contributed by atoms with Gasteiger partial charge in [0.25, 0.3) is 5.88 Å². The molecule has 15 nitrogen and oxygen atoms in total. The molecule has 1 aliphatic heterocycles. The van der Waals surface area contributed by atoms with Crippen LogP contribution in [0.1, 0.15) is 71.9 Å². The van der Waals surface area contributed by atoms with Crippen molar-refractivity contribution in [2.75, 3.05) is 25.0 Å². The van der Waals surface area contributed by atoms with Crippen molar-refractivity contribution in [2.24, 2.45) is 0 Å². The monoisotopic (exact) mass is 671 g/mol. The predicted molar refractivity (Wildman–Crippen MR) is 180 cm³/mol. The van der Waals surface area contributed by atoms with E-state index < -0.39 is 5.60 Å². The van der Waals surface area contributed by atoms with Gasteiger partial charge in [0, 0.05) is 37.1 Å². The summed E-state index contributed by atoms with van der Waals surface area (Å²) in [4.78, 5) is 11.7. The first kappa shape index (κ1) is 34.2. The second-order valence-corrected chi connectivity index (χ2v) is 13.8. The number of hydrogen-bond donors (Lipinski definition) is 2. The van der Waals surface area contributed by atoms with Gasteiger partial charge in [0.05, 0.1) is 42.2 Å². The summed E-state index contributed by atoms with van der Waals surface area (Å²) < 4.78 is 21.6. The maximum atomic E-state index is 10.3. The minimum Gasteiger partial charge on any atom is -0.487 e. The number of morpholine rings is 1. The van der Waals surface area contributed by atoms with Gasteiger partial charge in [0.15, 0.2) is 0 Å². The normalized spacial score (nSPS) is 22.3. The third-order valence-electron chi connectivity index (χ3n) is 8.76. The quantitative estimate of drug-likeness (QED) is 0.220. The molecule has 0 radical (unpaired) electrons. The molecule has 4 heterocycles. The van der Waals surface area contributed by atoms with E-state index in [4.69, 9.17) is 19.3 Å². The van der Waals surface area contributed by atoms with Crippen molar-refractivity contribution >= 4 is 11.6 Å². The Morgan fingerprint density at radius 2 is 1.80 bits per heavy atom. The number of anilines is 2. The highest BCUT2D eigenvalue weighted by molar-refractivity contribution is 5.67. The number of rotatable bonds is 12. The summed E-state index contributed by atoms with van der Waals surface area (Å²) in [5.41, 5.74) is 1.57. The van der Waals surface area contributed by atoms with Gasteiger partial charge in [-0.25, -0.2) is 14.6 Å². The second-order valence-electron chi connectivity index (χ2n) is 13.8. The van der Waals surface area contributed by atoms with Crippen LogP contribution in [-0.2, 0) is 11.3 Å². The number of nitrogens with one attached hydrogen (secondary N) is 1. The van der Waals surface area contributed by atoms with Gasteiger partial charge in [-0.1, -0.05) is 6.07 Å². The standard InChI is InChI=1S/C34H45N11O4/c1-22-16-43(17-23(2)48-22)28-8-10-29(11-9-28)45-19-30(32(40-45)47-20-34(4,5)46)39-33-36-14-27(15-37-33)25-6-7-26(13-35)31(12-25)49-24(3)18-44-21-38-41-42-44/h6-7,12,14-15,19,21-24,28-29,46H,8-11,16-18,20H2,1-5H3,(H,36,37,39)/t22-,23+,24-,28-,29-/m0/s1. The molecule has 1 saturated carbocycles. The fraction of sp³-hybridized carbons (Fsp3) is 0.559. The van der Waals surface area contributed by atoms with Gasteiger partial charge in [-0.2, -0.15) is 5.26 Å². The molecular formula is C34H45N11O4. The smallest absolute Gasteiger partial charge is 0.257 e. The highest BCUT2D eigenvalue weighted by atomic mass is 16.5. The minimum atomic E-state index is -1.03. The van der Waals surface area contributed by atoms with E-state index in [0.717, 1.165) is 49.9 Å². The summed E-state index contributed by atoms with van der Waals surface area (Å²) in [7, 11) is 0. The number of nitriles is 1. The molecule has 2 fully saturated rings. The molecule has 1 aromatic carbocycles. The predicted octanol–water partition coefficient (Wildman–Crippen LogP) is 4.15. The summed E-state index contributed by atoms with van der Waals surface area (Å²) in [5, 5.41) is 39.3. The van der Waals surface area contributed by atoms with Crippen LogP contribution in [0.15, 0.2) is 43.1 Å². The fourth-order valence-corrected chi connectivity index (χ4v) is 6.54. The zero-order chi connectivity index (χ0) is 34.5. The molecule has 2 aliphatic rings. The van der Waals surface area contributed by atoms with Crippen LogP contribution >= 0.6 is 0 Å². The van der Waals surface area contributed by atoms with Crippen LogP contribution in [0.4, 0.5) is 11.6 Å². The SMILES string of the molecule is C[C@@H]1CN([C@H]2CC[C@H](n3cc(Nc4ncc(-c5ccc(C#N)c(O[C@@H](C)Cn6cnnn6)c5)cn4)c(OCC(C)(C)O)n3)CC2)C[C@H](C)O1. The lowest BCUT2D eigenvalue weighted by molar-refractivity contribution is -0.0852. The van der Waals surface area contributed by atoms with Crippen LogP contribution in [0, 0.1) is 11.3 Å². The van der Waals surface area contributed by atoms with Crippen molar-refractivity contribution in [3.05, 3.63) is 48.7 Å². The third-order valence-corrected chi connectivity index (χ3v) is 8.76. The third kappa shape index (κ3) is 8.88. The van der Waals surface area contributed by atoms with Crippen molar-refractivity contribution in [3.63, 3.8) is 0 Å². The number of nitrogens with zero attached hydrogens (tertiary/aromatic N) is 10. The van der Waals surface area contributed by atoms with Gasteiger partial charge in [-0.3, -0.25) is 9.58 Å². The van der Waals surface area contributed by atoms with Gasteiger partial charge in [0.2, 0.25) is 5.95 Å². The Kier molecular flexibility index (Phi) is 10.4. The van der Waals surface area contributed by atoms with Crippen LogP contribution in [0.5, 0.6) is 11.6 Å². The summed E-state index contributed by atoms with van der Waals surface area (Å²) in [6, 6.07) is 8.34. The summed E-state index contributed by atoms with van der Waals surface area (Å²) in [6.07, 6.45) is 11.3. The van der Waals surface area contributed by atoms with E-state index in [1.165, 1.54) is 6.33 Å². The van der Waals surface area contributed by atoms with E-state index in [9.17, 15) is 10.4 Å². The molecule has 0 amide bonds. The molecule has 2 N–H and O–H groups in total. The summed E-state index contributed by atoms with van der Waals surface area (Å²) in [6.45, 7) is 12.1.